The van der Waals surface area contributed by atoms with Crippen molar-refractivity contribution in [2.45, 2.75) is 6.54 Å². The maximum Gasteiger partial charge on any atom is 0.336 e. The van der Waals surface area contributed by atoms with Crippen LogP contribution in [0, 0.1) is 0 Å². The summed E-state index contributed by atoms with van der Waals surface area (Å²) < 4.78 is 5.27. The van der Waals surface area contributed by atoms with Gasteiger partial charge in [-0.3, -0.25) is 4.79 Å². The smallest absolute Gasteiger partial charge is 0.336 e. The van der Waals surface area contributed by atoms with Gasteiger partial charge < -0.3 is 20.1 Å². The molecule has 1 amide bonds. The quantitative estimate of drug-likeness (QED) is 0.849. The first-order valence-electron chi connectivity index (χ1n) is 6.85. The summed E-state index contributed by atoms with van der Waals surface area (Å²) in [6, 6.07) is 6.94. The highest BCUT2D eigenvalue weighted by atomic mass is 32.1. The summed E-state index contributed by atoms with van der Waals surface area (Å²) in [7, 11) is 5.45. The molecule has 1 aromatic heterocycles. The van der Waals surface area contributed by atoms with Crippen molar-refractivity contribution >= 4 is 28.9 Å². The molecule has 7 heteroatoms. The third-order valence-corrected chi connectivity index (χ3v) is 4.01. The molecule has 0 fully saturated rings. The molecule has 0 aliphatic rings. The van der Waals surface area contributed by atoms with E-state index in [4.69, 9.17) is 9.84 Å². The van der Waals surface area contributed by atoms with Crippen LogP contribution in [0.5, 0.6) is 5.75 Å². The number of benzene rings is 1. The molecule has 0 bridgehead atoms. The molecule has 1 aromatic carbocycles. The molecule has 23 heavy (non-hydrogen) atoms. The second kappa shape index (κ2) is 7.26. The molecule has 2 rings (SSSR count). The number of aromatic carboxylic acids is 1. The van der Waals surface area contributed by atoms with E-state index < -0.39 is 5.97 Å². The summed E-state index contributed by atoms with van der Waals surface area (Å²) in [6.45, 7) is 0.731. The monoisotopic (exact) mass is 334 g/mol. The van der Waals surface area contributed by atoms with Crippen molar-refractivity contribution in [3.8, 4) is 5.75 Å². The number of thiophene rings is 1. The SMILES string of the molecule is COc1ccc(CN(C)C)cc1NC(=O)c1cc(C(=O)O)cs1. The summed E-state index contributed by atoms with van der Waals surface area (Å²) in [5.74, 6) is -0.857. The van der Waals surface area contributed by atoms with E-state index >= 15 is 0 Å². The zero-order valence-electron chi connectivity index (χ0n) is 13.1. The average molecular weight is 334 g/mol. The molecule has 0 saturated heterocycles. The van der Waals surface area contributed by atoms with Gasteiger partial charge in [-0.2, -0.15) is 0 Å². The van der Waals surface area contributed by atoms with Gasteiger partial charge in [-0.05, 0) is 37.9 Å². The molecule has 2 N–H and O–H groups in total. The maximum atomic E-state index is 12.3. The second-order valence-electron chi connectivity index (χ2n) is 5.23. The highest BCUT2D eigenvalue weighted by Crippen LogP contribution is 2.27. The third kappa shape index (κ3) is 4.30. The van der Waals surface area contributed by atoms with Crippen molar-refractivity contribution < 1.29 is 19.4 Å². The molecule has 2 aromatic rings. The zero-order chi connectivity index (χ0) is 17.0. The molecule has 0 aliphatic heterocycles. The van der Waals surface area contributed by atoms with Crippen molar-refractivity contribution in [1.29, 1.82) is 0 Å². The molecule has 122 valence electrons. The minimum Gasteiger partial charge on any atom is -0.495 e. The summed E-state index contributed by atoms with van der Waals surface area (Å²) in [4.78, 5) is 25.5. The number of carbonyl (C=O) groups is 2. The van der Waals surface area contributed by atoms with E-state index in [1.54, 1.807) is 6.07 Å². The van der Waals surface area contributed by atoms with Gasteiger partial charge in [0.2, 0.25) is 0 Å². The number of hydrogen-bond acceptors (Lipinski definition) is 5. The van der Waals surface area contributed by atoms with E-state index in [1.165, 1.54) is 18.6 Å². The van der Waals surface area contributed by atoms with E-state index in [0.29, 0.717) is 16.3 Å². The largest absolute Gasteiger partial charge is 0.495 e. The van der Waals surface area contributed by atoms with Gasteiger partial charge in [-0.15, -0.1) is 11.3 Å². The molecule has 0 saturated carbocycles. The number of carbonyl (C=O) groups excluding carboxylic acids is 1. The minimum absolute atomic E-state index is 0.105. The highest BCUT2D eigenvalue weighted by Gasteiger charge is 2.15. The van der Waals surface area contributed by atoms with Crippen LogP contribution in [0.4, 0.5) is 5.69 Å². The highest BCUT2D eigenvalue weighted by molar-refractivity contribution is 7.12. The van der Waals surface area contributed by atoms with Crippen LogP contribution in [0.3, 0.4) is 0 Å². The van der Waals surface area contributed by atoms with E-state index in [-0.39, 0.29) is 11.5 Å². The van der Waals surface area contributed by atoms with Gasteiger partial charge in [0.25, 0.3) is 5.91 Å². The first-order chi connectivity index (χ1) is 10.9. The third-order valence-electron chi connectivity index (χ3n) is 3.08. The number of anilines is 1. The number of carboxylic acids is 1. The number of rotatable bonds is 6. The van der Waals surface area contributed by atoms with E-state index in [2.05, 4.69) is 5.32 Å². The van der Waals surface area contributed by atoms with Crippen molar-refractivity contribution in [3.63, 3.8) is 0 Å². The number of amides is 1. The summed E-state index contributed by atoms with van der Waals surface area (Å²) in [5, 5.41) is 13.1. The molecule has 0 atom stereocenters. The van der Waals surface area contributed by atoms with Crippen LogP contribution in [0.25, 0.3) is 0 Å². The van der Waals surface area contributed by atoms with Gasteiger partial charge >= 0.3 is 5.97 Å². The topological polar surface area (TPSA) is 78.9 Å². The van der Waals surface area contributed by atoms with Crippen molar-refractivity contribution in [3.05, 3.63) is 45.6 Å². The van der Waals surface area contributed by atoms with Crippen molar-refractivity contribution in [2.24, 2.45) is 0 Å². The lowest BCUT2D eigenvalue weighted by molar-refractivity contribution is 0.0697. The van der Waals surface area contributed by atoms with Crippen LogP contribution in [0.2, 0.25) is 0 Å². The van der Waals surface area contributed by atoms with E-state index in [0.717, 1.165) is 23.4 Å². The van der Waals surface area contributed by atoms with Gasteiger partial charge in [0.1, 0.15) is 5.75 Å². The Labute approximate surface area is 138 Å². The number of methoxy groups -OCH3 is 1. The number of hydrogen-bond donors (Lipinski definition) is 2. The lowest BCUT2D eigenvalue weighted by atomic mass is 10.1. The first-order valence-corrected chi connectivity index (χ1v) is 7.73. The Balaban J connectivity index is 2.22. The van der Waals surface area contributed by atoms with Crippen molar-refractivity contribution in [1.82, 2.24) is 4.90 Å². The predicted octanol–water partition coefficient (Wildman–Crippen LogP) is 2.77. The van der Waals surface area contributed by atoms with Crippen molar-refractivity contribution in [2.75, 3.05) is 26.5 Å². The maximum absolute atomic E-state index is 12.3. The lowest BCUT2D eigenvalue weighted by Gasteiger charge is -2.14. The Hall–Kier alpha value is -2.38. The Kier molecular flexibility index (Phi) is 5.36. The number of nitrogens with one attached hydrogen (secondary N) is 1. The number of ether oxygens (including phenoxy) is 1. The Bertz CT molecular complexity index is 725. The van der Waals surface area contributed by atoms with Crippen LogP contribution in [0.1, 0.15) is 25.6 Å². The fraction of sp³-hybridized carbons (Fsp3) is 0.250. The van der Waals surface area contributed by atoms with Crippen LogP contribution in [-0.4, -0.2) is 43.1 Å². The Morgan fingerprint density at radius 3 is 2.61 bits per heavy atom. The van der Waals surface area contributed by atoms with Crippen LogP contribution in [-0.2, 0) is 6.54 Å². The molecule has 0 unspecified atom stereocenters. The Morgan fingerprint density at radius 1 is 1.30 bits per heavy atom. The summed E-state index contributed by atoms with van der Waals surface area (Å²) in [6.07, 6.45) is 0. The minimum atomic E-state index is -1.05. The molecule has 0 radical (unpaired) electrons. The molecular weight excluding hydrogens is 316 g/mol. The standard InChI is InChI=1S/C16H18N2O4S/c1-18(2)8-10-4-5-13(22-3)12(6-10)17-15(19)14-7-11(9-23-14)16(20)21/h4-7,9H,8H2,1-3H3,(H,17,19)(H,20,21). The van der Waals surface area contributed by atoms with Crippen LogP contribution < -0.4 is 10.1 Å². The van der Waals surface area contributed by atoms with E-state index in [9.17, 15) is 9.59 Å². The zero-order valence-corrected chi connectivity index (χ0v) is 13.9. The molecular formula is C16H18N2O4S. The van der Waals surface area contributed by atoms with Crippen LogP contribution in [0.15, 0.2) is 29.6 Å². The van der Waals surface area contributed by atoms with Gasteiger partial charge in [-0.1, -0.05) is 6.07 Å². The normalized spacial score (nSPS) is 10.6. The summed E-state index contributed by atoms with van der Waals surface area (Å²) in [5.41, 5.74) is 1.69. The van der Waals surface area contributed by atoms with Gasteiger partial charge in [-0.25, -0.2) is 4.79 Å². The van der Waals surface area contributed by atoms with Crippen LogP contribution >= 0.6 is 11.3 Å². The molecule has 0 spiro atoms. The molecule has 0 aliphatic carbocycles. The predicted molar refractivity (Wildman–Crippen MR) is 89.6 cm³/mol. The van der Waals surface area contributed by atoms with Gasteiger partial charge in [0, 0.05) is 11.9 Å². The van der Waals surface area contributed by atoms with Gasteiger partial charge in [0.05, 0.1) is 23.2 Å². The summed E-state index contributed by atoms with van der Waals surface area (Å²) >= 11 is 1.09. The number of nitrogens with zero attached hydrogens (tertiary/aromatic N) is 1. The Morgan fingerprint density at radius 2 is 2.04 bits per heavy atom. The molecule has 6 nitrogen and oxygen atoms in total. The second-order valence-corrected chi connectivity index (χ2v) is 6.14. The van der Waals surface area contributed by atoms with E-state index in [1.807, 2.05) is 31.1 Å². The average Bonchev–Trinajstić information content (AvgIpc) is 2.97. The molecule has 1 heterocycles. The van der Waals surface area contributed by atoms with Gasteiger partial charge in [0.15, 0.2) is 0 Å². The fourth-order valence-corrected chi connectivity index (χ4v) is 2.84. The lowest BCUT2D eigenvalue weighted by Crippen LogP contribution is -2.13. The fourth-order valence-electron chi connectivity index (χ4n) is 2.07. The first kappa shape index (κ1) is 17.0. The number of carboxylic acid groups (broad SMARTS) is 1.